The van der Waals surface area contributed by atoms with Crippen LogP contribution >= 0.6 is 0 Å². The molecule has 0 radical (unpaired) electrons. The summed E-state index contributed by atoms with van der Waals surface area (Å²) in [6.45, 7) is 6.77. The highest BCUT2D eigenvalue weighted by atomic mass is 16.6. The van der Waals surface area contributed by atoms with Gasteiger partial charge in [0.15, 0.2) is 0 Å². The van der Waals surface area contributed by atoms with Crippen LogP contribution in [-0.4, -0.2) is 38.7 Å². The number of ketones is 1. The zero-order valence-corrected chi connectivity index (χ0v) is 12.8. The van der Waals surface area contributed by atoms with Crippen LogP contribution in [0.25, 0.3) is 0 Å². The van der Waals surface area contributed by atoms with Crippen molar-refractivity contribution in [1.82, 2.24) is 14.7 Å². The van der Waals surface area contributed by atoms with Gasteiger partial charge >= 0.3 is 6.09 Å². The summed E-state index contributed by atoms with van der Waals surface area (Å²) in [6.07, 6.45) is 3.47. The molecule has 1 aromatic heterocycles. The van der Waals surface area contributed by atoms with Gasteiger partial charge < -0.3 is 9.64 Å². The van der Waals surface area contributed by atoms with Crippen LogP contribution < -0.4 is 0 Å². The number of aromatic nitrogens is 2. The van der Waals surface area contributed by atoms with E-state index in [0.717, 1.165) is 17.7 Å². The maximum Gasteiger partial charge on any atom is 0.410 e. The first-order chi connectivity index (χ1) is 9.83. The van der Waals surface area contributed by atoms with E-state index in [0.29, 0.717) is 31.7 Å². The van der Waals surface area contributed by atoms with Gasteiger partial charge in [0.25, 0.3) is 0 Å². The molecule has 0 atom stereocenters. The Balaban J connectivity index is 1.69. The van der Waals surface area contributed by atoms with Gasteiger partial charge in [-0.05, 0) is 20.8 Å². The average Bonchev–Trinajstić information content (AvgIpc) is 2.75. The van der Waals surface area contributed by atoms with Crippen molar-refractivity contribution in [3.05, 3.63) is 17.5 Å². The molecule has 0 bridgehead atoms. The summed E-state index contributed by atoms with van der Waals surface area (Å²) in [4.78, 5) is 25.0. The smallest absolute Gasteiger partial charge is 0.410 e. The van der Waals surface area contributed by atoms with E-state index >= 15 is 0 Å². The van der Waals surface area contributed by atoms with Gasteiger partial charge in [-0.15, -0.1) is 0 Å². The molecule has 0 spiro atoms. The quantitative estimate of drug-likeness (QED) is 0.794. The fraction of sp³-hybridized carbons (Fsp3) is 0.667. The molecule has 1 saturated carbocycles. The van der Waals surface area contributed by atoms with Crippen molar-refractivity contribution in [2.24, 2.45) is 0 Å². The van der Waals surface area contributed by atoms with Crippen LogP contribution in [0.4, 0.5) is 4.79 Å². The van der Waals surface area contributed by atoms with E-state index in [-0.39, 0.29) is 12.1 Å². The third-order valence-corrected chi connectivity index (χ3v) is 3.89. The Kier molecular flexibility index (Phi) is 3.26. The van der Waals surface area contributed by atoms with Crippen LogP contribution in [-0.2, 0) is 22.5 Å². The Hall–Kier alpha value is -1.85. The number of hydrogen-bond acceptors (Lipinski definition) is 4. The van der Waals surface area contributed by atoms with Gasteiger partial charge in [0.2, 0.25) is 0 Å². The second-order valence-electron chi connectivity index (χ2n) is 6.81. The zero-order chi connectivity index (χ0) is 15.2. The molecule has 3 rings (SSSR count). The molecular formula is C15H21N3O3. The van der Waals surface area contributed by atoms with Gasteiger partial charge in [-0.1, -0.05) is 0 Å². The molecule has 0 N–H and O–H groups in total. The van der Waals surface area contributed by atoms with Gasteiger partial charge in [0.05, 0.1) is 18.8 Å². The summed E-state index contributed by atoms with van der Waals surface area (Å²) in [6, 6.07) is 0.217. The van der Waals surface area contributed by atoms with E-state index in [9.17, 15) is 9.59 Å². The molecule has 21 heavy (non-hydrogen) atoms. The summed E-state index contributed by atoms with van der Waals surface area (Å²) in [5, 5.41) is 4.41. The first-order valence-corrected chi connectivity index (χ1v) is 7.38. The Morgan fingerprint density at radius 3 is 2.71 bits per heavy atom. The molecule has 114 valence electrons. The second kappa shape index (κ2) is 4.86. The third-order valence-electron chi connectivity index (χ3n) is 3.89. The summed E-state index contributed by atoms with van der Waals surface area (Å²) in [5.74, 6) is 0.301. The molecule has 0 saturated heterocycles. The standard InChI is InChI=1S/C15H21N3O3/c1-15(2,3)21-14(20)17-5-4-13-10(9-17)8-16-18(13)11-6-12(19)7-11/h8,11H,4-7,9H2,1-3H3. The molecule has 1 aliphatic carbocycles. The van der Waals surface area contributed by atoms with Crippen molar-refractivity contribution in [3.8, 4) is 0 Å². The highest BCUT2D eigenvalue weighted by Gasteiger charge is 2.33. The minimum atomic E-state index is -0.478. The number of rotatable bonds is 1. The van der Waals surface area contributed by atoms with E-state index < -0.39 is 5.60 Å². The van der Waals surface area contributed by atoms with Crippen LogP contribution in [0.2, 0.25) is 0 Å². The molecule has 1 amide bonds. The summed E-state index contributed by atoms with van der Waals surface area (Å²) < 4.78 is 7.38. The first kappa shape index (κ1) is 14.1. The lowest BCUT2D eigenvalue weighted by atomic mass is 9.91. The SMILES string of the molecule is CC(C)(C)OC(=O)N1CCc2c(cnn2C2CC(=O)C2)C1. The Morgan fingerprint density at radius 2 is 2.10 bits per heavy atom. The number of fused-ring (bicyclic) bond motifs is 1. The molecule has 1 aliphatic heterocycles. The van der Waals surface area contributed by atoms with Crippen molar-refractivity contribution < 1.29 is 14.3 Å². The molecular weight excluding hydrogens is 270 g/mol. The van der Waals surface area contributed by atoms with E-state index in [4.69, 9.17) is 4.74 Å². The lowest BCUT2D eigenvalue weighted by Gasteiger charge is -2.32. The normalized spacial score (nSPS) is 19.2. The molecule has 6 nitrogen and oxygen atoms in total. The monoisotopic (exact) mass is 291 g/mol. The van der Waals surface area contributed by atoms with Gasteiger partial charge in [0.1, 0.15) is 11.4 Å². The Labute approximate surface area is 124 Å². The van der Waals surface area contributed by atoms with Crippen molar-refractivity contribution in [2.75, 3.05) is 6.54 Å². The molecule has 6 heteroatoms. The van der Waals surface area contributed by atoms with Crippen LogP contribution in [0.15, 0.2) is 6.20 Å². The molecule has 0 aromatic carbocycles. The van der Waals surface area contributed by atoms with Crippen LogP contribution in [0.5, 0.6) is 0 Å². The van der Waals surface area contributed by atoms with Gasteiger partial charge in [-0.3, -0.25) is 9.48 Å². The van der Waals surface area contributed by atoms with Crippen molar-refractivity contribution in [3.63, 3.8) is 0 Å². The van der Waals surface area contributed by atoms with Crippen molar-refractivity contribution >= 4 is 11.9 Å². The Bertz CT molecular complexity index is 577. The van der Waals surface area contributed by atoms with E-state index in [2.05, 4.69) is 5.10 Å². The number of nitrogens with zero attached hydrogens (tertiary/aromatic N) is 3. The molecule has 2 aliphatic rings. The van der Waals surface area contributed by atoms with Crippen molar-refractivity contribution in [1.29, 1.82) is 0 Å². The minimum absolute atomic E-state index is 0.217. The van der Waals surface area contributed by atoms with Crippen LogP contribution in [0, 0.1) is 0 Å². The van der Waals surface area contributed by atoms with Crippen LogP contribution in [0.1, 0.15) is 50.9 Å². The molecule has 0 unspecified atom stereocenters. The number of amides is 1. The van der Waals surface area contributed by atoms with Gasteiger partial charge in [0, 0.05) is 37.1 Å². The molecule has 1 aromatic rings. The minimum Gasteiger partial charge on any atom is -0.444 e. The van der Waals surface area contributed by atoms with Gasteiger partial charge in [-0.25, -0.2) is 4.79 Å². The second-order valence-corrected chi connectivity index (χ2v) is 6.81. The summed E-state index contributed by atoms with van der Waals surface area (Å²) in [5.41, 5.74) is 1.74. The van der Waals surface area contributed by atoms with E-state index in [1.165, 1.54) is 0 Å². The third kappa shape index (κ3) is 2.80. The van der Waals surface area contributed by atoms with E-state index in [1.54, 1.807) is 4.90 Å². The lowest BCUT2D eigenvalue weighted by Crippen LogP contribution is -2.40. The predicted molar refractivity (Wildman–Crippen MR) is 75.9 cm³/mol. The highest BCUT2D eigenvalue weighted by molar-refractivity contribution is 5.85. The molecule has 2 heterocycles. The fourth-order valence-electron chi connectivity index (χ4n) is 2.79. The largest absolute Gasteiger partial charge is 0.444 e. The number of carbonyl (C=O) groups excluding carboxylic acids is 2. The fourth-order valence-corrected chi connectivity index (χ4v) is 2.79. The topological polar surface area (TPSA) is 64.4 Å². The molecule has 1 fully saturated rings. The number of ether oxygens (including phenoxy) is 1. The number of Topliss-reactive ketones (excluding diaryl/α,β-unsaturated/α-hetero) is 1. The lowest BCUT2D eigenvalue weighted by molar-refractivity contribution is -0.126. The van der Waals surface area contributed by atoms with Gasteiger partial charge in [-0.2, -0.15) is 5.10 Å². The summed E-state index contributed by atoms with van der Waals surface area (Å²) in [7, 11) is 0. The summed E-state index contributed by atoms with van der Waals surface area (Å²) >= 11 is 0. The highest BCUT2D eigenvalue weighted by Crippen LogP contribution is 2.31. The maximum absolute atomic E-state index is 12.1. The van der Waals surface area contributed by atoms with E-state index in [1.807, 2.05) is 31.6 Å². The predicted octanol–water partition coefficient (Wildman–Crippen LogP) is 2.08. The maximum atomic E-state index is 12.1. The number of hydrogen-bond donors (Lipinski definition) is 0. The Morgan fingerprint density at radius 1 is 1.38 bits per heavy atom. The zero-order valence-electron chi connectivity index (χ0n) is 12.8. The van der Waals surface area contributed by atoms with Crippen LogP contribution in [0.3, 0.4) is 0 Å². The number of carbonyl (C=O) groups is 2. The average molecular weight is 291 g/mol. The first-order valence-electron chi connectivity index (χ1n) is 7.38. The van der Waals surface area contributed by atoms with Crippen molar-refractivity contribution in [2.45, 2.75) is 58.2 Å².